The van der Waals surface area contributed by atoms with Crippen LogP contribution < -0.4 is 20.0 Å². The standard InChI is InChI=1S/C28H25N3O5/c1-3-28(34)22-13-24-25-19(15-31(24)26(32)21(22)16-36-27(28)33)11-18-12-20(6-7-23(18)29-25)35-10-9-30-8-4-5-17(2)14-30/h4-8,11-14H,3,9-10,15-16H2,1-2H3/t28-/m0/s1. The van der Waals surface area contributed by atoms with Gasteiger partial charge in [0.05, 0.1) is 29.0 Å². The fourth-order valence-electron chi connectivity index (χ4n) is 5.10. The van der Waals surface area contributed by atoms with E-state index in [-0.39, 0.29) is 29.7 Å². The van der Waals surface area contributed by atoms with Gasteiger partial charge in [-0.15, -0.1) is 0 Å². The number of aryl methyl sites for hydroxylation is 1. The van der Waals surface area contributed by atoms with Crippen LogP contribution >= 0.6 is 0 Å². The number of hydrogen-bond acceptors (Lipinski definition) is 6. The molecule has 0 unspecified atom stereocenters. The number of carbonyl (C=O) groups excluding carboxylic acids is 1. The molecular formula is C28H25N3O5. The number of carbonyl (C=O) groups is 1. The summed E-state index contributed by atoms with van der Waals surface area (Å²) in [6, 6.07) is 13.5. The summed E-state index contributed by atoms with van der Waals surface area (Å²) in [4.78, 5) is 30.4. The highest BCUT2D eigenvalue weighted by Gasteiger charge is 2.38. The number of esters is 1. The van der Waals surface area contributed by atoms with E-state index in [1.807, 2.05) is 36.5 Å². The van der Waals surface area contributed by atoms with Gasteiger partial charge in [0.1, 0.15) is 19.0 Å². The summed E-state index contributed by atoms with van der Waals surface area (Å²) in [5.74, 6) is -0.0877. The van der Waals surface area contributed by atoms with Crippen LogP contribution in [0.1, 0.15) is 35.6 Å². The number of nitrogens with zero attached hydrogens (tertiary/aromatic N) is 3. The van der Waals surface area contributed by atoms with E-state index in [2.05, 4.69) is 23.8 Å². The van der Waals surface area contributed by atoms with Gasteiger partial charge in [-0.05, 0) is 48.9 Å². The summed E-state index contributed by atoms with van der Waals surface area (Å²) >= 11 is 0. The lowest BCUT2D eigenvalue weighted by Crippen LogP contribution is -2.53. The Morgan fingerprint density at radius 3 is 2.89 bits per heavy atom. The molecule has 0 saturated heterocycles. The average Bonchev–Trinajstić information content (AvgIpc) is 3.23. The first-order valence-corrected chi connectivity index (χ1v) is 12.0. The summed E-state index contributed by atoms with van der Waals surface area (Å²) < 4.78 is 14.8. The highest BCUT2D eigenvalue weighted by atomic mass is 16.6. The molecule has 0 fully saturated rings. The predicted molar refractivity (Wildman–Crippen MR) is 129 cm³/mol. The predicted octanol–water partition coefficient (Wildman–Crippen LogP) is 2.12. The van der Waals surface area contributed by atoms with Crippen molar-refractivity contribution in [3.63, 3.8) is 0 Å². The minimum atomic E-state index is -2.08. The zero-order valence-electron chi connectivity index (χ0n) is 20.1. The van der Waals surface area contributed by atoms with E-state index < -0.39 is 11.6 Å². The van der Waals surface area contributed by atoms with Crippen molar-refractivity contribution in [3.8, 4) is 17.1 Å². The topological polar surface area (TPSA) is 97.4 Å². The fraction of sp³-hybridized carbons (Fsp3) is 0.286. The molecule has 8 heteroatoms. The van der Waals surface area contributed by atoms with Gasteiger partial charge in [0.15, 0.2) is 18.9 Å². The van der Waals surface area contributed by atoms with Crippen molar-refractivity contribution in [3.05, 3.63) is 87.5 Å². The molecule has 36 heavy (non-hydrogen) atoms. The maximum Gasteiger partial charge on any atom is 0.300 e. The Hall–Kier alpha value is -4.04. The van der Waals surface area contributed by atoms with Crippen molar-refractivity contribution in [2.24, 2.45) is 0 Å². The molecule has 0 radical (unpaired) electrons. The van der Waals surface area contributed by atoms with E-state index in [1.165, 1.54) is 5.56 Å². The molecule has 1 aromatic carbocycles. The van der Waals surface area contributed by atoms with E-state index in [9.17, 15) is 14.7 Å². The Balaban J connectivity index is 1.32. The van der Waals surface area contributed by atoms with E-state index in [1.54, 1.807) is 17.6 Å². The van der Waals surface area contributed by atoms with E-state index >= 15 is 0 Å². The first kappa shape index (κ1) is 22.4. The Kier molecular flexibility index (Phi) is 5.15. The zero-order chi connectivity index (χ0) is 25.0. The lowest BCUT2D eigenvalue weighted by Gasteiger charge is -2.41. The second-order valence-electron chi connectivity index (χ2n) is 9.39. The molecule has 6 rings (SSSR count). The second-order valence-corrected chi connectivity index (χ2v) is 9.39. The Bertz CT molecular complexity index is 1610. The molecule has 2 aliphatic heterocycles. The summed E-state index contributed by atoms with van der Waals surface area (Å²) in [6.45, 7) is 5.12. The third-order valence-corrected chi connectivity index (χ3v) is 7.07. The molecule has 0 spiro atoms. The molecule has 1 atom stereocenters. The van der Waals surface area contributed by atoms with Gasteiger partial charge in [0, 0.05) is 28.2 Å². The Labute approximate surface area is 207 Å². The first-order chi connectivity index (χ1) is 17.4. The minimum Gasteiger partial charge on any atom is -0.838 e. The van der Waals surface area contributed by atoms with Crippen LogP contribution in [0, 0.1) is 6.92 Å². The smallest absolute Gasteiger partial charge is 0.300 e. The molecule has 0 aliphatic carbocycles. The highest BCUT2D eigenvalue weighted by Crippen LogP contribution is 2.37. The summed E-state index contributed by atoms with van der Waals surface area (Å²) in [5, 5.41) is 14.2. The van der Waals surface area contributed by atoms with Crippen molar-refractivity contribution in [1.82, 2.24) is 9.55 Å². The Morgan fingerprint density at radius 1 is 1.22 bits per heavy atom. The number of pyridine rings is 3. The maximum atomic E-state index is 13.3. The van der Waals surface area contributed by atoms with Crippen LogP contribution in [0.5, 0.6) is 5.75 Å². The van der Waals surface area contributed by atoms with Gasteiger partial charge >= 0.3 is 0 Å². The van der Waals surface area contributed by atoms with Gasteiger partial charge in [-0.1, -0.05) is 13.3 Å². The van der Waals surface area contributed by atoms with Crippen LogP contribution in [-0.2, 0) is 34.8 Å². The summed E-state index contributed by atoms with van der Waals surface area (Å²) in [5.41, 5.74) is 2.15. The third kappa shape index (κ3) is 3.48. The fourth-order valence-corrected chi connectivity index (χ4v) is 5.10. The van der Waals surface area contributed by atoms with Gasteiger partial charge in [0.25, 0.3) is 11.5 Å². The minimum absolute atomic E-state index is 0.00486. The molecule has 5 heterocycles. The first-order valence-electron chi connectivity index (χ1n) is 12.0. The average molecular weight is 484 g/mol. The Morgan fingerprint density at radius 2 is 2.08 bits per heavy atom. The molecule has 0 saturated carbocycles. The molecule has 0 bridgehead atoms. The van der Waals surface area contributed by atoms with Crippen LogP contribution in [-0.4, -0.2) is 22.1 Å². The van der Waals surface area contributed by atoms with Crippen molar-refractivity contribution < 1.29 is 23.9 Å². The molecule has 2 aliphatic rings. The van der Waals surface area contributed by atoms with Crippen molar-refractivity contribution in [2.75, 3.05) is 6.61 Å². The zero-order valence-corrected chi connectivity index (χ0v) is 20.1. The van der Waals surface area contributed by atoms with E-state index in [0.717, 1.165) is 28.8 Å². The van der Waals surface area contributed by atoms with Gasteiger partial charge in [-0.3, -0.25) is 9.59 Å². The molecular weight excluding hydrogens is 458 g/mol. The van der Waals surface area contributed by atoms with Crippen LogP contribution in [0.15, 0.2) is 59.7 Å². The summed E-state index contributed by atoms with van der Waals surface area (Å²) in [6.07, 6.45) is 4.10. The highest BCUT2D eigenvalue weighted by molar-refractivity contribution is 5.86. The van der Waals surface area contributed by atoms with Gasteiger partial charge in [-0.25, -0.2) is 9.55 Å². The molecule has 182 valence electrons. The van der Waals surface area contributed by atoms with E-state index in [0.29, 0.717) is 24.5 Å². The van der Waals surface area contributed by atoms with Crippen LogP contribution in [0.3, 0.4) is 0 Å². The summed E-state index contributed by atoms with van der Waals surface area (Å²) in [7, 11) is 0. The lowest BCUT2D eigenvalue weighted by atomic mass is 9.86. The van der Waals surface area contributed by atoms with Crippen LogP contribution in [0.2, 0.25) is 0 Å². The lowest BCUT2D eigenvalue weighted by molar-refractivity contribution is -0.697. The van der Waals surface area contributed by atoms with E-state index in [4.69, 9.17) is 14.5 Å². The normalized spacial score (nSPS) is 17.9. The molecule has 0 amide bonds. The SMILES string of the molecule is CC[C@@]1([O-])C(=O)OCc2c1cc1n(c2=O)Cc2cc3cc(OCC[n+]4cccc(C)c4)ccc3nc2-1. The number of aromatic nitrogens is 3. The van der Waals surface area contributed by atoms with Crippen molar-refractivity contribution in [2.45, 2.75) is 45.6 Å². The number of fused-ring (bicyclic) bond motifs is 5. The van der Waals surface area contributed by atoms with Crippen molar-refractivity contribution >= 4 is 16.9 Å². The van der Waals surface area contributed by atoms with Crippen LogP contribution in [0.4, 0.5) is 0 Å². The monoisotopic (exact) mass is 483 g/mol. The largest absolute Gasteiger partial charge is 0.838 e. The number of hydrogen-bond donors (Lipinski definition) is 0. The van der Waals surface area contributed by atoms with Crippen LogP contribution in [0.25, 0.3) is 22.3 Å². The number of cyclic esters (lactones) is 1. The molecule has 0 N–H and O–H groups in total. The third-order valence-electron chi connectivity index (χ3n) is 7.07. The second kappa shape index (κ2) is 8.27. The molecule has 8 nitrogen and oxygen atoms in total. The molecule has 3 aromatic heterocycles. The maximum absolute atomic E-state index is 13.3. The number of benzene rings is 1. The van der Waals surface area contributed by atoms with Gasteiger partial charge in [0.2, 0.25) is 0 Å². The quantitative estimate of drug-likeness (QED) is 0.281. The van der Waals surface area contributed by atoms with Gasteiger partial charge in [-0.2, -0.15) is 0 Å². The number of rotatable bonds is 5. The molecule has 4 aromatic rings. The van der Waals surface area contributed by atoms with Gasteiger partial charge < -0.3 is 19.1 Å². The number of ether oxygens (including phenoxy) is 2. The van der Waals surface area contributed by atoms with Crippen molar-refractivity contribution in [1.29, 1.82) is 0 Å².